The summed E-state index contributed by atoms with van der Waals surface area (Å²) in [7, 11) is 0. The van der Waals surface area contributed by atoms with Crippen LogP contribution in [-0.2, 0) is 9.59 Å². The molecule has 7 nitrogen and oxygen atoms in total. The minimum absolute atomic E-state index is 0.0786. The maximum Gasteiger partial charge on any atom is 0.272 e. The number of rotatable bonds is 9. The number of carbonyl (C=O) groups excluding carboxylic acids is 3. The van der Waals surface area contributed by atoms with Gasteiger partial charge in [-0.1, -0.05) is 63.9 Å². The van der Waals surface area contributed by atoms with E-state index in [4.69, 9.17) is 11.6 Å². The maximum absolute atomic E-state index is 13.3. The van der Waals surface area contributed by atoms with E-state index in [1.807, 2.05) is 36.4 Å². The second kappa shape index (κ2) is 13.7. The molecule has 0 atom stereocenters. The van der Waals surface area contributed by atoms with Gasteiger partial charge in [0.25, 0.3) is 11.8 Å². The van der Waals surface area contributed by atoms with Crippen molar-refractivity contribution in [2.75, 3.05) is 16.4 Å². The number of nitrogens with zero attached hydrogens (tertiary/aromatic N) is 1. The van der Waals surface area contributed by atoms with Crippen LogP contribution in [0.15, 0.2) is 112 Å². The van der Waals surface area contributed by atoms with Crippen molar-refractivity contribution in [1.82, 2.24) is 10.3 Å². The van der Waals surface area contributed by atoms with E-state index >= 15 is 0 Å². The maximum atomic E-state index is 13.3. The second-order valence-electron chi connectivity index (χ2n) is 8.11. The summed E-state index contributed by atoms with van der Waals surface area (Å²) in [6.07, 6.45) is 3.06. The van der Waals surface area contributed by atoms with Crippen molar-refractivity contribution in [2.24, 2.45) is 0 Å². The molecule has 1 aromatic heterocycles. The number of aromatic nitrogens is 1. The molecule has 4 aromatic rings. The predicted octanol–water partition coefficient (Wildman–Crippen LogP) is 6.64. The van der Waals surface area contributed by atoms with E-state index in [1.165, 1.54) is 18.0 Å². The van der Waals surface area contributed by atoms with Crippen LogP contribution >= 0.6 is 39.3 Å². The van der Waals surface area contributed by atoms with Gasteiger partial charge in [0.2, 0.25) is 5.91 Å². The highest BCUT2D eigenvalue weighted by molar-refractivity contribution is 9.10. The molecule has 0 unspecified atom stereocenters. The molecule has 196 valence electrons. The first kappa shape index (κ1) is 28.1. The summed E-state index contributed by atoms with van der Waals surface area (Å²) < 4.78 is 0.839. The van der Waals surface area contributed by atoms with Gasteiger partial charge in [0.05, 0.1) is 10.8 Å². The zero-order chi connectivity index (χ0) is 27.6. The standard InChI is InChI=1S/C29H22BrClN4O3S/c30-21-9-4-6-19(14-21)15-25(34-28(37)20-7-2-1-3-8-20)29(38)33-23-10-5-11-24(16-23)39-18-27(36)35-26-13-12-22(31)17-32-26/h1-17H,18H2,(H,33,38)(H,34,37)(H,32,35,36)/b25-15+. The van der Waals surface area contributed by atoms with Crippen LogP contribution in [-0.4, -0.2) is 28.5 Å². The van der Waals surface area contributed by atoms with Crippen molar-refractivity contribution in [3.63, 3.8) is 0 Å². The Bertz CT molecular complexity index is 1510. The fourth-order valence-corrected chi connectivity index (χ4v) is 4.63. The Morgan fingerprint density at radius 2 is 1.69 bits per heavy atom. The van der Waals surface area contributed by atoms with Crippen LogP contribution in [0.25, 0.3) is 6.08 Å². The van der Waals surface area contributed by atoms with Crippen molar-refractivity contribution in [2.45, 2.75) is 4.90 Å². The number of nitrogens with one attached hydrogen (secondary N) is 3. The molecule has 0 aliphatic carbocycles. The highest BCUT2D eigenvalue weighted by Gasteiger charge is 2.15. The highest BCUT2D eigenvalue weighted by atomic mass is 79.9. The number of benzene rings is 3. The number of halogens is 2. The van der Waals surface area contributed by atoms with E-state index < -0.39 is 11.8 Å². The topological polar surface area (TPSA) is 100 Å². The lowest BCUT2D eigenvalue weighted by Crippen LogP contribution is -2.30. The molecular weight excluding hydrogens is 600 g/mol. The summed E-state index contributed by atoms with van der Waals surface area (Å²) in [5.74, 6) is -0.575. The smallest absolute Gasteiger partial charge is 0.272 e. The molecule has 1 heterocycles. The van der Waals surface area contributed by atoms with Crippen molar-refractivity contribution in [1.29, 1.82) is 0 Å². The monoisotopic (exact) mass is 620 g/mol. The van der Waals surface area contributed by atoms with Crippen molar-refractivity contribution < 1.29 is 14.4 Å². The summed E-state index contributed by atoms with van der Waals surface area (Å²) in [6, 6.07) is 26.4. The Morgan fingerprint density at radius 1 is 0.897 bits per heavy atom. The lowest BCUT2D eigenvalue weighted by atomic mass is 10.1. The first-order valence-corrected chi connectivity index (χ1v) is 13.8. The molecule has 3 aromatic carbocycles. The van der Waals surface area contributed by atoms with E-state index in [9.17, 15) is 14.4 Å². The van der Waals surface area contributed by atoms with Crippen molar-refractivity contribution in [3.8, 4) is 0 Å². The molecule has 0 fully saturated rings. The number of carbonyl (C=O) groups is 3. The second-order valence-corrected chi connectivity index (χ2v) is 10.5. The third kappa shape index (κ3) is 8.81. The van der Waals surface area contributed by atoms with E-state index in [0.29, 0.717) is 22.1 Å². The fourth-order valence-electron chi connectivity index (χ4n) is 3.35. The number of hydrogen-bond donors (Lipinski definition) is 3. The molecule has 3 N–H and O–H groups in total. The molecule has 10 heteroatoms. The molecule has 4 rings (SSSR count). The van der Waals surface area contributed by atoms with Crippen LogP contribution in [0, 0.1) is 0 Å². The fraction of sp³-hybridized carbons (Fsp3) is 0.0345. The van der Waals surface area contributed by atoms with Gasteiger partial charge in [-0.3, -0.25) is 14.4 Å². The SMILES string of the molecule is O=C(CSc1cccc(NC(=O)/C(=C\c2cccc(Br)c2)NC(=O)c2ccccc2)c1)Nc1ccc(Cl)cn1. The predicted molar refractivity (Wildman–Crippen MR) is 160 cm³/mol. The van der Waals surface area contributed by atoms with Crippen LogP contribution in [0.2, 0.25) is 5.02 Å². The van der Waals surface area contributed by atoms with Gasteiger partial charge in [0, 0.05) is 26.8 Å². The first-order valence-electron chi connectivity index (χ1n) is 11.6. The molecule has 0 aliphatic rings. The van der Waals surface area contributed by atoms with Gasteiger partial charge in [-0.15, -0.1) is 11.8 Å². The molecule has 0 saturated heterocycles. The Kier molecular flexibility index (Phi) is 9.91. The Balaban J connectivity index is 1.45. The van der Waals surface area contributed by atoms with Crippen molar-refractivity contribution in [3.05, 3.63) is 124 Å². The number of anilines is 2. The minimum atomic E-state index is -0.493. The Morgan fingerprint density at radius 3 is 2.44 bits per heavy atom. The van der Waals surface area contributed by atoms with Gasteiger partial charge in [-0.25, -0.2) is 4.98 Å². The van der Waals surface area contributed by atoms with E-state index in [2.05, 4.69) is 36.9 Å². The summed E-state index contributed by atoms with van der Waals surface area (Å²) in [5, 5.41) is 8.75. The number of thioether (sulfide) groups is 1. The van der Waals surface area contributed by atoms with Gasteiger partial charge < -0.3 is 16.0 Å². The molecule has 39 heavy (non-hydrogen) atoms. The normalized spacial score (nSPS) is 11.0. The van der Waals surface area contributed by atoms with Gasteiger partial charge in [-0.05, 0) is 66.2 Å². The molecule has 0 bridgehead atoms. The van der Waals surface area contributed by atoms with Crippen LogP contribution in [0.3, 0.4) is 0 Å². The minimum Gasteiger partial charge on any atom is -0.321 e. The number of hydrogen-bond acceptors (Lipinski definition) is 5. The highest BCUT2D eigenvalue weighted by Crippen LogP contribution is 2.23. The molecular formula is C29H22BrClN4O3S. The summed E-state index contributed by atoms with van der Waals surface area (Å²) >= 11 is 10.6. The molecule has 0 aliphatic heterocycles. The quantitative estimate of drug-likeness (QED) is 0.144. The average molecular weight is 622 g/mol. The zero-order valence-corrected chi connectivity index (χ0v) is 23.5. The largest absolute Gasteiger partial charge is 0.321 e. The number of amides is 3. The van der Waals surface area contributed by atoms with Gasteiger partial charge in [0.15, 0.2) is 0 Å². The summed E-state index contributed by atoms with van der Waals surface area (Å²) in [4.78, 5) is 43.2. The first-order chi connectivity index (χ1) is 18.9. The lowest BCUT2D eigenvalue weighted by Gasteiger charge is -2.12. The molecule has 0 spiro atoms. The summed E-state index contributed by atoms with van der Waals surface area (Å²) in [6.45, 7) is 0. The van der Waals surface area contributed by atoms with Crippen LogP contribution in [0.1, 0.15) is 15.9 Å². The zero-order valence-electron chi connectivity index (χ0n) is 20.4. The third-order valence-corrected chi connectivity index (χ3v) is 6.86. The number of pyridine rings is 1. The van der Waals surface area contributed by atoms with E-state index in [-0.39, 0.29) is 17.4 Å². The van der Waals surface area contributed by atoms with E-state index in [0.717, 1.165) is 14.9 Å². The molecule has 3 amide bonds. The lowest BCUT2D eigenvalue weighted by molar-refractivity contribution is -0.114. The van der Waals surface area contributed by atoms with Crippen LogP contribution in [0.5, 0.6) is 0 Å². The van der Waals surface area contributed by atoms with Crippen LogP contribution in [0.4, 0.5) is 11.5 Å². The molecule has 0 radical (unpaired) electrons. The Hall–Kier alpha value is -3.92. The van der Waals surface area contributed by atoms with E-state index in [1.54, 1.807) is 60.7 Å². The van der Waals surface area contributed by atoms with Crippen LogP contribution < -0.4 is 16.0 Å². The molecule has 0 saturated carbocycles. The van der Waals surface area contributed by atoms with Gasteiger partial charge in [0.1, 0.15) is 11.5 Å². The van der Waals surface area contributed by atoms with Gasteiger partial charge >= 0.3 is 0 Å². The van der Waals surface area contributed by atoms with Crippen molar-refractivity contribution >= 4 is 74.6 Å². The summed E-state index contributed by atoms with van der Waals surface area (Å²) in [5.41, 5.74) is 1.75. The third-order valence-electron chi connectivity index (χ3n) is 5.15. The average Bonchev–Trinajstić information content (AvgIpc) is 2.93. The van der Waals surface area contributed by atoms with Gasteiger partial charge in [-0.2, -0.15) is 0 Å². The Labute approximate surface area is 243 Å².